The van der Waals surface area contributed by atoms with E-state index >= 15 is 0 Å². The van der Waals surface area contributed by atoms with Crippen molar-refractivity contribution in [2.75, 3.05) is 10.6 Å². The molecule has 2 aromatic carbocycles. The van der Waals surface area contributed by atoms with Crippen molar-refractivity contribution in [3.05, 3.63) is 53.1 Å². The molecule has 0 radical (unpaired) electrons. The second-order valence-electron chi connectivity index (χ2n) is 5.65. The Balaban J connectivity index is 1.61. The number of anilines is 2. The van der Waals surface area contributed by atoms with Crippen LogP contribution in [0.15, 0.2) is 42.5 Å². The average Bonchev–Trinajstić information content (AvgIpc) is 2.98. The van der Waals surface area contributed by atoms with Crippen LogP contribution in [0, 0.1) is 0 Å². The van der Waals surface area contributed by atoms with Crippen LogP contribution in [0.25, 0.3) is 0 Å². The predicted octanol–water partition coefficient (Wildman–Crippen LogP) is 3.94. The highest BCUT2D eigenvalue weighted by Crippen LogP contribution is 2.35. The Morgan fingerprint density at radius 3 is 2.76 bits per heavy atom. The number of ether oxygens (including phenoxy) is 1. The summed E-state index contributed by atoms with van der Waals surface area (Å²) >= 11 is 11.0. The summed E-state index contributed by atoms with van der Waals surface area (Å²) < 4.78 is 5.91. The predicted molar refractivity (Wildman–Crippen MR) is 104 cm³/mol. The number of thiocarbonyl (C=S) groups is 1. The Bertz CT molecular complexity index is 795. The zero-order valence-electron chi connectivity index (χ0n) is 13.6. The van der Waals surface area contributed by atoms with E-state index < -0.39 is 0 Å². The van der Waals surface area contributed by atoms with Gasteiger partial charge in [0.1, 0.15) is 5.75 Å². The number of benzene rings is 2. The molecule has 3 rings (SSSR count). The van der Waals surface area contributed by atoms with E-state index in [4.69, 9.17) is 28.6 Å². The summed E-state index contributed by atoms with van der Waals surface area (Å²) in [6.07, 6.45) is 0.964. The maximum absolute atomic E-state index is 11.4. The molecule has 0 saturated heterocycles. The first kappa shape index (κ1) is 17.5. The molecule has 0 aromatic heterocycles. The van der Waals surface area contributed by atoms with E-state index in [0.717, 1.165) is 29.1 Å². The molecule has 0 spiro atoms. The lowest BCUT2D eigenvalue weighted by Gasteiger charge is -2.11. The van der Waals surface area contributed by atoms with Crippen LogP contribution in [0.2, 0.25) is 5.02 Å². The van der Waals surface area contributed by atoms with E-state index in [1.807, 2.05) is 42.5 Å². The molecule has 1 aliphatic heterocycles. The number of fused-ring (bicyclic) bond motifs is 1. The largest absolute Gasteiger partial charge is 0.468 e. The van der Waals surface area contributed by atoms with Gasteiger partial charge in [-0.05, 0) is 48.1 Å². The van der Waals surface area contributed by atoms with E-state index in [-0.39, 0.29) is 17.2 Å². The van der Waals surface area contributed by atoms with Crippen LogP contribution >= 0.6 is 23.8 Å². The van der Waals surface area contributed by atoms with Crippen LogP contribution in [0.3, 0.4) is 0 Å². The monoisotopic (exact) mass is 375 g/mol. The Hall–Kier alpha value is -2.31. The molecule has 1 amide bonds. The van der Waals surface area contributed by atoms with Gasteiger partial charge in [0.05, 0.1) is 5.69 Å². The maximum Gasteiger partial charge on any atom is 0.225 e. The van der Waals surface area contributed by atoms with Gasteiger partial charge >= 0.3 is 0 Å². The average molecular weight is 376 g/mol. The summed E-state index contributed by atoms with van der Waals surface area (Å²) in [4.78, 5) is 11.4. The van der Waals surface area contributed by atoms with Gasteiger partial charge in [0.25, 0.3) is 0 Å². The Morgan fingerprint density at radius 1 is 1.28 bits per heavy atom. The Morgan fingerprint density at radius 2 is 2.04 bits per heavy atom. The van der Waals surface area contributed by atoms with Crippen molar-refractivity contribution in [2.45, 2.75) is 26.0 Å². The van der Waals surface area contributed by atoms with E-state index in [1.165, 1.54) is 0 Å². The van der Waals surface area contributed by atoms with Gasteiger partial charge in [-0.1, -0.05) is 30.7 Å². The third-order valence-corrected chi connectivity index (χ3v) is 4.19. The van der Waals surface area contributed by atoms with Crippen LogP contribution < -0.4 is 20.7 Å². The lowest BCUT2D eigenvalue weighted by atomic mass is 10.1. The van der Waals surface area contributed by atoms with E-state index in [2.05, 4.69) is 16.0 Å². The van der Waals surface area contributed by atoms with Crippen LogP contribution in [-0.2, 0) is 11.2 Å². The van der Waals surface area contributed by atoms with Crippen molar-refractivity contribution in [3.8, 4) is 5.75 Å². The second kappa shape index (κ2) is 7.72. The number of carbonyl (C=O) groups excluding carboxylic acids is 1. The smallest absolute Gasteiger partial charge is 0.225 e. The maximum atomic E-state index is 11.4. The minimum atomic E-state index is -0.141. The molecule has 2 aromatic rings. The SMILES string of the molecule is CCC(=O)NC(=S)Nc1ccc2c(c1)NC(Cc1ccc(Cl)cc1)O2. The quantitative estimate of drug-likeness (QED) is 0.706. The fourth-order valence-electron chi connectivity index (χ4n) is 2.48. The fraction of sp³-hybridized carbons (Fsp3) is 0.222. The van der Waals surface area contributed by atoms with Gasteiger partial charge in [-0.3, -0.25) is 4.79 Å². The molecule has 0 bridgehead atoms. The van der Waals surface area contributed by atoms with Crippen molar-refractivity contribution < 1.29 is 9.53 Å². The van der Waals surface area contributed by atoms with E-state index in [9.17, 15) is 4.79 Å². The zero-order valence-corrected chi connectivity index (χ0v) is 15.2. The van der Waals surface area contributed by atoms with Gasteiger partial charge in [0.15, 0.2) is 11.3 Å². The lowest BCUT2D eigenvalue weighted by molar-refractivity contribution is -0.119. The number of rotatable bonds is 4. The highest BCUT2D eigenvalue weighted by molar-refractivity contribution is 7.80. The molecule has 1 unspecified atom stereocenters. The number of amides is 1. The molecule has 3 N–H and O–H groups in total. The topological polar surface area (TPSA) is 62.4 Å². The molecule has 0 saturated carbocycles. The van der Waals surface area contributed by atoms with E-state index in [1.54, 1.807) is 6.92 Å². The molecule has 0 fully saturated rings. The molecule has 1 aliphatic rings. The summed E-state index contributed by atoms with van der Waals surface area (Å²) in [5, 5.41) is 9.94. The first-order valence-corrected chi connectivity index (χ1v) is 8.74. The van der Waals surface area contributed by atoms with Crippen molar-refractivity contribution in [3.63, 3.8) is 0 Å². The molecule has 25 heavy (non-hydrogen) atoms. The molecular formula is C18H18ClN3O2S. The second-order valence-corrected chi connectivity index (χ2v) is 6.49. The number of hydrogen-bond acceptors (Lipinski definition) is 4. The highest BCUT2D eigenvalue weighted by atomic mass is 35.5. The molecule has 7 heteroatoms. The highest BCUT2D eigenvalue weighted by Gasteiger charge is 2.22. The minimum Gasteiger partial charge on any atom is -0.468 e. The first-order chi connectivity index (χ1) is 12.0. The molecule has 1 atom stereocenters. The van der Waals surface area contributed by atoms with Gasteiger partial charge in [0.2, 0.25) is 5.91 Å². The Labute approximate surface area is 156 Å². The molecule has 1 heterocycles. The third-order valence-electron chi connectivity index (χ3n) is 3.73. The van der Waals surface area contributed by atoms with Gasteiger partial charge < -0.3 is 20.7 Å². The van der Waals surface area contributed by atoms with Crippen LogP contribution in [0.5, 0.6) is 5.75 Å². The van der Waals surface area contributed by atoms with Gasteiger partial charge in [-0.15, -0.1) is 0 Å². The third kappa shape index (κ3) is 4.61. The first-order valence-electron chi connectivity index (χ1n) is 7.96. The zero-order chi connectivity index (χ0) is 17.8. The summed E-state index contributed by atoms with van der Waals surface area (Å²) in [5.41, 5.74) is 2.80. The standard InChI is InChI=1S/C18H18ClN3O2S/c1-2-16(23)22-18(25)20-13-7-8-15-14(10-13)21-17(24-15)9-11-3-5-12(19)6-4-11/h3-8,10,17,21H,2,9H2,1H3,(H2,20,22,23,25). The van der Waals surface area contributed by atoms with Gasteiger partial charge in [-0.2, -0.15) is 0 Å². The Kier molecular flexibility index (Phi) is 5.40. The van der Waals surface area contributed by atoms with Crippen molar-refractivity contribution >= 4 is 46.2 Å². The number of carbonyl (C=O) groups is 1. The normalized spacial score (nSPS) is 14.9. The van der Waals surface area contributed by atoms with Gasteiger partial charge in [0, 0.05) is 23.6 Å². The number of nitrogens with one attached hydrogen (secondary N) is 3. The molecule has 5 nitrogen and oxygen atoms in total. The summed E-state index contributed by atoms with van der Waals surface area (Å²) in [7, 11) is 0. The van der Waals surface area contributed by atoms with Crippen molar-refractivity contribution in [1.82, 2.24) is 5.32 Å². The lowest BCUT2D eigenvalue weighted by Crippen LogP contribution is -2.33. The fourth-order valence-corrected chi connectivity index (χ4v) is 2.84. The van der Waals surface area contributed by atoms with Crippen LogP contribution in [-0.4, -0.2) is 17.2 Å². The van der Waals surface area contributed by atoms with E-state index in [0.29, 0.717) is 11.4 Å². The minimum absolute atomic E-state index is 0.122. The molecule has 0 aliphatic carbocycles. The van der Waals surface area contributed by atoms with Gasteiger partial charge in [-0.25, -0.2) is 0 Å². The molecule has 130 valence electrons. The van der Waals surface area contributed by atoms with Crippen LogP contribution in [0.4, 0.5) is 11.4 Å². The molecular weight excluding hydrogens is 358 g/mol. The summed E-state index contributed by atoms with van der Waals surface area (Å²) in [5.74, 6) is 0.663. The van der Waals surface area contributed by atoms with Crippen molar-refractivity contribution in [2.24, 2.45) is 0 Å². The van der Waals surface area contributed by atoms with Crippen molar-refractivity contribution in [1.29, 1.82) is 0 Å². The van der Waals surface area contributed by atoms with Crippen LogP contribution in [0.1, 0.15) is 18.9 Å². The number of halogens is 1. The number of hydrogen-bond donors (Lipinski definition) is 3. The summed E-state index contributed by atoms with van der Waals surface area (Å²) in [6, 6.07) is 13.3. The summed E-state index contributed by atoms with van der Waals surface area (Å²) in [6.45, 7) is 1.77.